The lowest BCUT2D eigenvalue weighted by atomic mass is 9.98. The number of carboxylic acids is 1. The van der Waals surface area contributed by atoms with Crippen molar-refractivity contribution in [3.05, 3.63) is 29.6 Å². The van der Waals surface area contributed by atoms with Crippen LogP contribution in [0, 0.1) is 0 Å². The second-order valence-corrected chi connectivity index (χ2v) is 7.24. The highest BCUT2D eigenvalue weighted by atomic mass is 19.4. The average Bonchev–Trinajstić information content (AvgIpc) is 3.14. The quantitative estimate of drug-likeness (QED) is 0.877. The van der Waals surface area contributed by atoms with Crippen LogP contribution in [0.4, 0.5) is 13.2 Å². The fraction of sp³-hybridized carbons (Fsp3) is 0.500. The molecule has 0 bridgehead atoms. The Labute approximate surface area is 153 Å². The number of nitrogens with zero attached hydrogens (tertiary/aromatic N) is 3. The van der Waals surface area contributed by atoms with Crippen LogP contribution >= 0.6 is 0 Å². The molecule has 1 fully saturated rings. The highest BCUT2D eigenvalue weighted by Crippen LogP contribution is 2.35. The third-order valence-electron chi connectivity index (χ3n) is 5.05. The monoisotopic (exact) mass is 383 g/mol. The zero-order valence-corrected chi connectivity index (χ0v) is 15.2. The summed E-state index contributed by atoms with van der Waals surface area (Å²) in [6, 6.07) is 3.68. The number of benzene rings is 1. The minimum absolute atomic E-state index is 0.0538. The molecule has 6 nitrogen and oxygen atoms in total. The van der Waals surface area contributed by atoms with Crippen LogP contribution in [0.25, 0.3) is 11.0 Å². The Morgan fingerprint density at radius 3 is 2.52 bits per heavy atom. The van der Waals surface area contributed by atoms with E-state index < -0.39 is 35.5 Å². The predicted molar refractivity (Wildman–Crippen MR) is 91.4 cm³/mol. The van der Waals surface area contributed by atoms with E-state index in [1.807, 2.05) is 0 Å². The van der Waals surface area contributed by atoms with Crippen molar-refractivity contribution in [2.45, 2.75) is 51.4 Å². The molecular weight excluding hydrogens is 363 g/mol. The first kappa shape index (κ1) is 19.2. The van der Waals surface area contributed by atoms with Gasteiger partial charge in [0.25, 0.3) is 5.91 Å². The van der Waals surface area contributed by atoms with Crippen LogP contribution in [0.3, 0.4) is 0 Å². The van der Waals surface area contributed by atoms with Gasteiger partial charge in [0.2, 0.25) is 5.82 Å². The Morgan fingerprint density at radius 1 is 1.30 bits per heavy atom. The summed E-state index contributed by atoms with van der Waals surface area (Å²) in [4.78, 5) is 29.4. The standard InChI is InChI=1S/C18H20F3N3O3/c1-10(2)24-13-6-5-11(9-12(13)22-15(24)18(19,20)21)14(25)23-8-4-7-17(23,3)16(26)27/h5-6,9-10H,4,7-8H2,1-3H3,(H,26,27). The molecule has 1 aliphatic heterocycles. The number of hydrogen-bond donors (Lipinski definition) is 1. The SMILES string of the molecule is CC(C)n1c(C(F)(F)F)nc2cc(C(=O)N3CCCC3(C)C(=O)O)ccc21. The van der Waals surface area contributed by atoms with Gasteiger partial charge in [-0.2, -0.15) is 13.2 Å². The van der Waals surface area contributed by atoms with Crippen LogP contribution in [-0.4, -0.2) is 43.5 Å². The van der Waals surface area contributed by atoms with Crippen LogP contribution in [0.2, 0.25) is 0 Å². The molecule has 0 radical (unpaired) electrons. The second kappa shape index (κ2) is 6.24. The van der Waals surface area contributed by atoms with E-state index in [2.05, 4.69) is 4.98 Å². The maximum absolute atomic E-state index is 13.3. The van der Waals surface area contributed by atoms with Gasteiger partial charge in [-0.25, -0.2) is 9.78 Å². The summed E-state index contributed by atoms with van der Waals surface area (Å²) < 4.78 is 41.0. The molecule has 27 heavy (non-hydrogen) atoms. The van der Waals surface area contributed by atoms with Gasteiger partial charge in [0.1, 0.15) is 5.54 Å². The van der Waals surface area contributed by atoms with Crippen molar-refractivity contribution in [1.29, 1.82) is 0 Å². The molecule has 1 atom stereocenters. The summed E-state index contributed by atoms with van der Waals surface area (Å²) in [5.41, 5.74) is -0.867. The van der Waals surface area contributed by atoms with Crippen LogP contribution < -0.4 is 0 Å². The summed E-state index contributed by atoms with van der Waals surface area (Å²) in [7, 11) is 0. The van der Waals surface area contributed by atoms with E-state index >= 15 is 0 Å². The van der Waals surface area contributed by atoms with Crippen LogP contribution in [0.5, 0.6) is 0 Å². The molecular formula is C18H20F3N3O3. The lowest BCUT2D eigenvalue weighted by Crippen LogP contribution is -2.50. The molecule has 1 aromatic carbocycles. The highest BCUT2D eigenvalue weighted by molar-refractivity contribution is 6.00. The summed E-state index contributed by atoms with van der Waals surface area (Å²) in [5.74, 6) is -2.64. The lowest BCUT2D eigenvalue weighted by Gasteiger charge is -2.31. The van der Waals surface area contributed by atoms with E-state index in [9.17, 15) is 27.9 Å². The van der Waals surface area contributed by atoms with Crippen molar-refractivity contribution in [1.82, 2.24) is 14.5 Å². The molecule has 3 rings (SSSR count). The Balaban J connectivity index is 2.07. The maximum Gasteiger partial charge on any atom is 0.449 e. The molecule has 0 saturated carbocycles. The number of aliphatic carboxylic acids is 1. The normalized spacial score (nSPS) is 20.6. The van der Waals surface area contributed by atoms with Crippen molar-refractivity contribution in [2.75, 3.05) is 6.54 Å². The predicted octanol–water partition coefficient (Wildman–Crippen LogP) is 3.72. The van der Waals surface area contributed by atoms with Gasteiger partial charge in [0, 0.05) is 18.2 Å². The van der Waals surface area contributed by atoms with Gasteiger partial charge in [0.05, 0.1) is 11.0 Å². The molecule has 1 aliphatic rings. The minimum Gasteiger partial charge on any atom is -0.480 e. The molecule has 1 N–H and O–H groups in total. The topological polar surface area (TPSA) is 75.4 Å². The summed E-state index contributed by atoms with van der Waals surface area (Å²) in [6.07, 6.45) is -3.74. The third-order valence-corrected chi connectivity index (χ3v) is 5.05. The number of likely N-dealkylation sites (tertiary alicyclic amines) is 1. The number of alkyl halides is 3. The number of amides is 1. The summed E-state index contributed by atoms with van der Waals surface area (Å²) >= 11 is 0. The first-order valence-electron chi connectivity index (χ1n) is 8.61. The maximum atomic E-state index is 13.3. The Kier molecular flexibility index (Phi) is 4.44. The van der Waals surface area contributed by atoms with Crippen LogP contribution in [0.1, 0.15) is 55.8 Å². The van der Waals surface area contributed by atoms with E-state index in [-0.39, 0.29) is 23.1 Å². The van der Waals surface area contributed by atoms with Gasteiger partial charge in [-0.1, -0.05) is 0 Å². The minimum atomic E-state index is -4.62. The molecule has 1 amide bonds. The fourth-order valence-electron chi connectivity index (χ4n) is 3.62. The second-order valence-electron chi connectivity index (χ2n) is 7.24. The number of carboxylic acid groups (broad SMARTS) is 1. The molecule has 0 spiro atoms. The first-order valence-corrected chi connectivity index (χ1v) is 8.61. The smallest absolute Gasteiger partial charge is 0.449 e. The number of hydrogen-bond acceptors (Lipinski definition) is 3. The molecule has 1 unspecified atom stereocenters. The van der Waals surface area contributed by atoms with E-state index in [4.69, 9.17) is 0 Å². The van der Waals surface area contributed by atoms with Gasteiger partial charge in [0.15, 0.2) is 0 Å². The number of rotatable bonds is 3. The van der Waals surface area contributed by atoms with Gasteiger partial charge >= 0.3 is 12.1 Å². The number of imidazole rings is 1. The molecule has 0 aliphatic carbocycles. The fourth-order valence-corrected chi connectivity index (χ4v) is 3.62. The number of aromatic nitrogens is 2. The van der Waals surface area contributed by atoms with E-state index in [1.54, 1.807) is 13.8 Å². The largest absolute Gasteiger partial charge is 0.480 e. The lowest BCUT2D eigenvalue weighted by molar-refractivity contribution is -0.148. The van der Waals surface area contributed by atoms with Gasteiger partial charge < -0.3 is 14.6 Å². The Morgan fingerprint density at radius 2 is 1.96 bits per heavy atom. The summed E-state index contributed by atoms with van der Waals surface area (Å²) in [6.45, 7) is 5.01. The average molecular weight is 383 g/mol. The zero-order valence-electron chi connectivity index (χ0n) is 15.2. The molecule has 1 aromatic heterocycles. The van der Waals surface area contributed by atoms with Crippen LogP contribution in [0.15, 0.2) is 18.2 Å². The molecule has 1 saturated heterocycles. The Hall–Kier alpha value is -2.58. The molecule has 9 heteroatoms. The number of carbonyl (C=O) groups excluding carboxylic acids is 1. The Bertz CT molecular complexity index is 920. The number of halogens is 3. The van der Waals surface area contributed by atoms with Crippen molar-refractivity contribution >= 4 is 22.9 Å². The molecule has 2 heterocycles. The summed E-state index contributed by atoms with van der Waals surface area (Å²) in [5, 5.41) is 9.47. The first-order chi connectivity index (χ1) is 12.5. The highest BCUT2D eigenvalue weighted by Gasteiger charge is 2.46. The number of fused-ring (bicyclic) bond motifs is 1. The number of carbonyl (C=O) groups is 2. The van der Waals surface area contributed by atoms with Crippen molar-refractivity contribution in [3.63, 3.8) is 0 Å². The molecule has 2 aromatic rings. The van der Waals surface area contributed by atoms with E-state index in [1.165, 1.54) is 30.0 Å². The third kappa shape index (κ3) is 3.04. The van der Waals surface area contributed by atoms with Crippen molar-refractivity contribution < 1.29 is 27.9 Å². The van der Waals surface area contributed by atoms with Crippen molar-refractivity contribution in [3.8, 4) is 0 Å². The van der Waals surface area contributed by atoms with Crippen molar-refractivity contribution in [2.24, 2.45) is 0 Å². The van der Waals surface area contributed by atoms with Gasteiger partial charge in [-0.3, -0.25) is 4.79 Å². The zero-order chi connectivity index (χ0) is 20.1. The van der Waals surface area contributed by atoms with E-state index in [0.29, 0.717) is 12.8 Å². The molecule has 146 valence electrons. The van der Waals surface area contributed by atoms with Gasteiger partial charge in [-0.15, -0.1) is 0 Å². The van der Waals surface area contributed by atoms with Crippen LogP contribution in [-0.2, 0) is 11.0 Å². The van der Waals surface area contributed by atoms with E-state index in [0.717, 1.165) is 4.57 Å². The van der Waals surface area contributed by atoms with Gasteiger partial charge in [-0.05, 0) is 51.8 Å².